The zero-order chi connectivity index (χ0) is 12.5. The van der Waals surface area contributed by atoms with Gasteiger partial charge in [0.2, 0.25) is 11.8 Å². The van der Waals surface area contributed by atoms with Gasteiger partial charge in [0.15, 0.2) is 0 Å². The van der Waals surface area contributed by atoms with Crippen LogP contribution >= 0.6 is 0 Å². The second-order valence-electron chi connectivity index (χ2n) is 5.22. The van der Waals surface area contributed by atoms with E-state index in [-0.39, 0.29) is 23.9 Å². The fraction of sp³-hybridized carbons (Fsp3) is 0.833. The summed E-state index contributed by atoms with van der Waals surface area (Å²) in [6.45, 7) is 9.44. The molecular weight excluding hydrogens is 204 g/mol. The van der Waals surface area contributed by atoms with Crippen molar-refractivity contribution in [2.75, 3.05) is 0 Å². The molecule has 1 aliphatic heterocycles. The van der Waals surface area contributed by atoms with Crippen molar-refractivity contribution in [1.82, 2.24) is 10.2 Å². The van der Waals surface area contributed by atoms with E-state index in [1.807, 2.05) is 20.8 Å². The van der Waals surface area contributed by atoms with E-state index in [1.54, 1.807) is 18.7 Å². The minimum absolute atomic E-state index is 0.0144. The molecule has 1 unspecified atom stereocenters. The average molecular weight is 226 g/mol. The quantitative estimate of drug-likeness (QED) is 0.788. The van der Waals surface area contributed by atoms with Crippen molar-refractivity contribution in [3.8, 4) is 0 Å². The number of nitrogens with one attached hydrogen (secondary N) is 1. The lowest BCUT2D eigenvalue weighted by molar-refractivity contribution is -0.155. The maximum absolute atomic E-state index is 12.2. The number of carbonyl (C=O) groups excluding carboxylic acids is 2. The summed E-state index contributed by atoms with van der Waals surface area (Å²) in [5.74, 6) is -0.0132. The lowest BCUT2D eigenvalue weighted by Crippen LogP contribution is -2.69. The predicted molar refractivity (Wildman–Crippen MR) is 62.9 cm³/mol. The average Bonchev–Trinajstić information content (AvgIpc) is 2.13. The molecule has 0 spiro atoms. The second kappa shape index (κ2) is 4.44. The van der Waals surface area contributed by atoms with E-state index in [4.69, 9.17) is 0 Å². The molecule has 1 heterocycles. The molecule has 0 aromatic rings. The van der Waals surface area contributed by atoms with E-state index in [9.17, 15) is 9.59 Å². The molecule has 0 radical (unpaired) electrons. The summed E-state index contributed by atoms with van der Waals surface area (Å²) in [7, 11) is 0. The molecule has 1 aliphatic rings. The number of rotatable bonds is 3. The fourth-order valence-corrected chi connectivity index (χ4v) is 2.17. The third-order valence-corrected chi connectivity index (χ3v) is 2.96. The highest BCUT2D eigenvalue weighted by atomic mass is 16.2. The van der Waals surface area contributed by atoms with Gasteiger partial charge in [0.25, 0.3) is 0 Å². The summed E-state index contributed by atoms with van der Waals surface area (Å²) in [6.07, 6.45) is 1.63. The van der Waals surface area contributed by atoms with Crippen LogP contribution in [0.4, 0.5) is 0 Å². The minimum atomic E-state index is -0.772. The Bertz CT molecular complexity index is 297. The van der Waals surface area contributed by atoms with E-state index in [1.165, 1.54) is 0 Å². The van der Waals surface area contributed by atoms with Crippen LogP contribution in [0.1, 0.15) is 47.5 Å². The number of piperazine rings is 1. The monoisotopic (exact) mass is 226 g/mol. The van der Waals surface area contributed by atoms with Gasteiger partial charge < -0.3 is 10.2 Å². The zero-order valence-electron chi connectivity index (χ0n) is 10.8. The van der Waals surface area contributed by atoms with Gasteiger partial charge in [0, 0.05) is 6.04 Å². The highest BCUT2D eigenvalue weighted by molar-refractivity contribution is 5.99. The van der Waals surface area contributed by atoms with Crippen LogP contribution in [0.2, 0.25) is 0 Å². The Balaban J connectivity index is 3.02. The minimum Gasteiger partial charge on any atom is -0.340 e. The molecule has 0 aromatic heterocycles. The van der Waals surface area contributed by atoms with Gasteiger partial charge in [-0.3, -0.25) is 9.59 Å². The van der Waals surface area contributed by atoms with Crippen molar-refractivity contribution in [1.29, 1.82) is 0 Å². The van der Waals surface area contributed by atoms with Crippen molar-refractivity contribution in [2.24, 2.45) is 0 Å². The summed E-state index contributed by atoms with van der Waals surface area (Å²) in [5.41, 5.74) is -0.772. The largest absolute Gasteiger partial charge is 0.340 e. The number of nitrogens with zero attached hydrogens (tertiary/aromatic N) is 1. The second-order valence-corrected chi connectivity index (χ2v) is 5.22. The fourth-order valence-electron chi connectivity index (χ4n) is 2.17. The molecule has 2 amide bonds. The molecule has 1 atom stereocenters. The normalized spacial score (nSPS) is 24.9. The van der Waals surface area contributed by atoms with Crippen molar-refractivity contribution >= 4 is 11.8 Å². The Labute approximate surface area is 97.4 Å². The Hall–Kier alpha value is -1.06. The van der Waals surface area contributed by atoms with E-state index >= 15 is 0 Å². The van der Waals surface area contributed by atoms with Gasteiger partial charge in [0.05, 0.1) is 0 Å². The van der Waals surface area contributed by atoms with Gasteiger partial charge in [-0.05, 0) is 34.1 Å². The van der Waals surface area contributed by atoms with Crippen LogP contribution in [-0.4, -0.2) is 34.3 Å². The Morgan fingerprint density at radius 2 is 1.94 bits per heavy atom. The molecule has 92 valence electrons. The third-order valence-electron chi connectivity index (χ3n) is 2.96. The zero-order valence-corrected chi connectivity index (χ0v) is 10.8. The molecular formula is C12H22N2O2. The third kappa shape index (κ3) is 2.20. The van der Waals surface area contributed by atoms with Gasteiger partial charge in [0.1, 0.15) is 11.6 Å². The molecule has 1 rings (SSSR count). The number of amides is 2. The first-order valence-corrected chi connectivity index (χ1v) is 5.96. The highest BCUT2D eigenvalue weighted by Gasteiger charge is 2.45. The molecule has 0 aliphatic carbocycles. The smallest absolute Gasteiger partial charge is 0.248 e. The van der Waals surface area contributed by atoms with Crippen molar-refractivity contribution in [3.63, 3.8) is 0 Å². The van der Waals surface area contributed by atoms with Crippen LogP contribution in [0.3, 0.4) is 0 Å². The molecule has 4 heteroatoms. The molecule has 0 saturated carbocycles. The first-order valence-electron chi connectivity index (χ1n) is 5.96. The Morgan fingerprint density at radius 3 is 2.38 bits per heavy atom. The standard InChI is InChI=1S/C12H22N2O2/c1-6-7-9-10(15)13-12(4,5)11(16)14(9)8(2)3/h8-9H,6-7H2,1-5H3,(H,13,15). The SMILES string of the molecule is CCCC1C(=O)NC(C)(C)C(=O)N1C(C)C. The maximum atomic E-state index is 12.2. The number of carbonyl (C=O) groups is 2. The molecule has 16 heavy (non-hydrogen) atoms. The van der Waals surface area contributed by atoms with Crippen LogP contribution in [0.15, 0.2) is 0 Å². The number of hydrogen-bond acceptors (Lipinski definition) is 2. The van der Waals surface area contributed by atoms with E-state index in [2.05, 4.69) is 5.32 Å². The highest BCUT2D eigenvalue weighted by Crippen LogP contribution is 2.22. The van der Waals surface area contributed by atoms with Crippen LogP contribution in [-0.2, 0) is 9.59 Å². The molecule has 1 N–H and O–H groups in total. The first-order chi connectivity index (χ1) is 7.31. The molecule has 0 aromatic carbocycles. The maximum Gasteiger partial charge on any atom is 0.248 e. The molecule has 4 nitrogen and oxygen atoms in total. The van der Waals surface area contributed by atoms with Gasteiger partial charge in [-0.1, -0.05) is 13.3 Å². The Kier molecular flexibility index (Phi) is 3.61. The summed E-state index contributed by atoms with van der Waals surface area (Å²) < 4.78 is 0. The van der Waals surface area contributed by atoms with Crippen molar-refractivity contribution < 1.29 is 9.59 Å². The van der Waals surface area contributed by atoms with Gasteiger partial charge in [-0.15, -0.1) is 0 Å². The van der Waals surface area contributed by atoms with Crippen LogP contribution in [0, 0.1) is 0 Å². The van der Waals surface area contributed by atoms with Gasteiger partial charge in [-0.25, -0.2) is 0 Å². The summed E-state index contributed by atoms with van der Waals surface area (Å²) in [6, 6.07) is -0.236. The molecule has 1 saturated heterocycles. The van der Waals surface area contributed by atoms with E-state index in [0.29, 0.717) is 0 Å². The van der Waals surface area contributed by atoms with Gasteiger partial charge in [-0.2, -0.15) is 0 Å². The van der Waals surface area contributed by atoms with Gasteiger partial charge >= 0.3 is 0 Å². The van der Waals surface area contributed by atoms with E-state index < -0.39 is 5.54 Å². The van der Waals surface area contributed by atoms with Crippen LogP contribution in [0.5, 0.6) is 0 Å². The van der Waals surface area contributed by atoms with Crippen LogP contribution in [0.25, 0.3) is 0 Å². The number of hydrogen-bond donors (Lipinski definition) is 1. The molecule has 0 bridgehead atoms. The summed E-state index contributed by atoms with van der Waals surface area (Å²) in [4.78, 5) is 25.9. The molecule has 1 fully saturated rings. The van der Waals surface area contributed by atoms with E-state index in [0.717, 1.165) is 12.8 Å². The van der Waals surface area contributed by atoms with Crippen molar-refractivity contribution in [3.05, 3.63) is 0 Å². The Morgan fingerprint density at radius 1 is 1.38 bits per heavy atom. The summed E-state index contributed by atoms with van der Waals surface area (Å²) >= 11 is 0. The lowest BCUT2D eigenvalue weighted by atomic mass is 9.93. The first kappa shape index (κ1) is 13.0. The lowest BCUT2D eigenvalue weighted by Gasteiger charge is -2.44. The predicted octanol–water partition coefficient (Wildman–Crippen LogP) is 1.30. The van der Waals surface area contributed by atoms with Crippen molar-refractivity contribution in [2.45, 2.75) is 65.1 Å². The summed E-state index contributed by atoms with van der Waals surface area (Å²) in [5, 5.41) is 2.80. The topological polar surface area (TPSA) is 49.4 Å². The van der Waals surface area contributed by atoms with Crippen LogP contribution < -0.4 is 5.32 Å².